The van der Waals surface area contributed by atoms with E-state index in [1.54, 1.807) is 0 Å². The second-order valence-corrected chi connectivity index (χ2v) is 17.5. The molecule has 0 bridgehead atoms. The molecule has 0 aliphatic carbocycles. The fourth-order valence-corrected chi connectivity index (χ4v) is 8.78. The molecule has 6 heterocycles. The highest BCUT2D eigenvalue weighted by molar-refractivity contribution is 5.73. The Morgan fingerprint density at radius 1 is 0.382 bits per heavy atom. The summed E-state index contributed by atoms with van der Waals surface area (Å²) < 4.78 is 63.9. The van der Waals surface area contributed by atoms with Crippen molar-refractivity contribution in [1.29, 1.82) is 0 Å². The molecule has 0 aromatic rings. The van der Waals surface area contributed by atoms with Crippen LogP contribution in [-0.2, 0) is 56.9 Å². The van der Waals surface area contributed by atoms with E-state index >= 15 is 0 Å². The average Bonchev–Trinajstić information content (AvgIpc) is 3.31. The van der Waals surface area contributed by atoms with Crippen molar-refractivity contribution in [2.24, 2.45) is 0 Å². The van der Waals surface area contributed by atoms with Gasteiger partial charge in [-0.1, -0.05) is 0 Å². The number of aliphatic hydroxyl groups is 17. The first-order valence-electron chi connectivity index (χ1n) is 21.8. The maximum absolute atomic E-state index is 13.1. The standard InChI is InChI=1S/C38H65NO29/c1-8-16(45)20(49)25(54)35(58-8)65-29-14(7-43)63-34(67-31-19(48)12(5-41)61-37(27(31)56)64-28-13(6-42)60-33(57)24(53)23(28)52)15(39-10(3)44)30(29)66-38-32(22(51)18(47)11(4-40)62-38)68-36-26(55)21(50)17(46)9(2)59-36/h8-9,11-38,40-43,45-57H,4-7H2,1-3H3,(H,39,44)/t8-,9-,11+,12+,13+,14+,15+,16+,17+,18-,19-,20+,21+,22-,23+,24+,25-,26-,27+,28+,29+,30+,31-,32+,33+,34-,35-,36-,37-,38-/m0/s1. The molecule has 6 aliphatic rings. The van der Waals surface area contributed by atoms with Crippen LogP contribution in [-0.4, -0.2) is 303 Å². The highest BCUT2D eigenvalue weighted by Gasteiger charge is 2.59. The van der Waals surface area contributed by atoms with E-state index in [1.807, 2.05) is 0 Å². The highest BCUT2D eigenvalue weighted by atomic mass is 16.8. The SMILES string of the molecule is CC(=O)N[C@H]1[C@H](O[C@H]2[C@@H](O)[C@@H](CO)O[C@@H](O[C@H]3[C@H](O)[C@@H](O)[C@H](O)O[C@@H]3CO)[C@@H]2O)O[C@H](CO)[C@@H](O[C@@H]2O[C@@H](C)[C@@H](O)[C@@H](O)[C@@H]2O)[C@@H]1O[C@@H]1O[C@H](CO)[C@H](O)[C@H](O)[C@H]1O[C@@H]1O[C@@H](C)[C@@H](O)[C@@H](O)[C@@H]1O. The molecule has 0 unspecified atom stereocenters. The molecule has 6 saturated heterocycles. The van der Waals surface area contributed by atoms with Crippen LogP contribution < -0.4 is 5.32 Å². The van der Waals surface area contributed by atoms with Gasteiger partial charge in [0.2, 0.25) is 5.91 Å². The minimum Gasteiger partial charge on any atom is -0.394 e. The van der Waals surface area contributed by atoms with Gasteiger partial charge in [0, 0.05) is 6.92 Å². The van der Waals surface area contributed by atoms with E-state index < -0.39 is 217 Å². The normalized spacial score (nSPS) is 52.6. The Labute approximate surface area is 386 Å². The molecular formula is C38H65NO29. The van der Waals surface area contributed by atoms with Crippen LogP contribution in [0.15, 0.2) is 0 Å². The van der Waals surface area contributed by atoms with Gasteiger partial charge in [-0.25, -0.2) is 0 Å². The first-order valence-corrected chi connectivity index (χ1v) is 21.8. The van der Waals surface area contributed by atoms with Crippen LogP contribution in [0.1, 0.15) is 20.8 Å². The Morgan fingerprint density at radius 3 is 1.32 bits per heavy atom. The fourth-order valence-electron chi connectivity index (χ4n) is 8.78. The molecule has 6 fully saturated rings. The lowest BCUT2D eigenvalue weighted by atomic mass is 9.93. The first kappa shape index (κ1) is 55.7. The van der Waals surface area contributed by atoms with Crippen LogP contribution in [0.4, 0.5) is 0 Å². The summed E-state index contributed by atoms with van der Waals surface area (Å²) in [6.07, 6.45) is -54.0. The molecule has 396 valence electrons. The van der Waals surface area contributed by atoms with Crippen LogP contribution in [0.25, 0.3) is 0 Å². The molecule has 6 aliphatic heterocycles. The predicted octanol–water partition coefficient (Wildman–Crippen LogP) is -11.9. The van der Waals surface area contributed by atoms with Crippen molar-refractivity contribution >= 4 is 5.91 Å². The van der Waals surface area contributed by atoms with Crippen molar-refractivity contribution in [3.05, 3.63) is 0 Å². The molecule has 0 radical (unpaired) electrons. The molecule has 0 aromatic heterocycles. The van der Waals surface area contributed by atoms with E-state index in [1.165, 1.54) is 13.8 Å². The topological polar surface area (TPSA) is 475 Å². The van der Waals surface area contributed by atoms with Gasteiger partial charge in [-0.3, -0.25) is 4.79 Å². The van der Waals surface area contributed by atoms with Crippen LogP contribution >= 0.6 is 0 Å². The zero-order valence-corrected chi connectivity index (χ0v) is 36.7. The molecular weight excluding hydrogens is 934 g/mol. The van der Waals surface area contributed by atoms with Gasteiger partial charge in [0.25, 0.3) is 0 Å². The summed E-state index contributed by atoms with van der Waals surface area (Å²) in [6, 6.07) is -1.86. The molecule has 0 aromatic carbocycles. The number of carbonyl (C=O) groups excluding carboxylic acids is 1. The third kappa shape index (κ3) is 11.4. The number of ether oxygens (including phenoxy) is 11. The number of hydrogen-bond donors (Lipinski definition) is 18. The number of hydrogen-bond acceptors (Lipinski definition) is 29. The first-order chi connectivity index (χ1) is 32.1. The van der Waals surface area contributed by atoms with Crippen LogP contribution in [0, 0.1) is 0 Å². The number of rotatable bonds is 15. The Balaban J connectivity index is 1.39. The summed E-state index contributed by atoms with van der Waals surface area (Å²) in [5.41, 5.74) is 0. The maximum atomic E-state index is 13.1. The van der Waals surface area contributed by atoms with Crippen molar-refractivity contribution in [1.82, 2.24) is 5.32 Å². The summed E-state index contributed by atoms with van der Waals surface area (Å²) in [7, 11) is 0. The number of carbonyl (C=O) groups is 1. The number of amides is 1. The zero-order valence-electron chi connectivity index (χ0n) is 36.7. The molecule has 0 spiro atoms. The molecule has 68 heavy (non-hydrogen) atoms. The van der Waals surface area contributed by atoms with E-state index in [2.05, 4.69) is 5.32 Å². The minimum atomic E-state index is -2.19. The summed E-state index contributed by atoms with van der Waals surface area (Å²) in [4.78, 5) is 13.1. The smallest absolute Gasteiger partial charge is 0.217 e. The summed E-state index contributed by atoms with van der Waals surface area (Å²) in [5.74, 6) is -0.894. The molecule has 1 amide bonds. The van der Waals surface area contributed by atoms with Crippen molar-refractivity contribution in [3.63, 3.8) is 0 Å². The Bertz CT molecular complexity index is 1590. The second-order valence-electron chi connectivity index (χ2n) is 17.5. The van der Waals surface area contributed by atoms with Crippen molar-refractivity contribution in [2.75, 3.05) is 26.4 Å². The van der Waals surface area contributed by atoms with Crippen LogP contribution in [0.3, 0.4) is 0 Å². The van der Waals surface area contributed by atoms with Crippen molar-refractivity contribution < 1.29 is 144 Å². The van der Waals surface area contributed by atoms with Gasteiger partial charge in [0.1, 0.15) is 134 Å². The van der Waals surface area contributed by atoms with E-state index in [4.69, 9.17) is 52.1 Å². The van der Waals surface area contributed by atoms with Gasteiger partial charge in [-0.05, 0) is 13.8 Å². The Hall–Kier alpha value is -1.65. The van der Waals surface area contributed by atoms with Gasteiger partial charge in [0.05, 0.1) is 38.6 Å². The monoisotopic (exact) mass is 999 g/mol. The molecule has 6 rings (SSSR count). The maximum Gasteiger partial charge on any atom is 0.217 e. The van der Waals surface area contributed by atoms with Gasteiger partial charge >= 0.3 is 0 Å². The Kier molecular flexibility index (Phi) is 19.2. The largest absolute Gasteiger partial charge is 0.394 e. The average molecular weight is 1000 g/mol. The molecule has 0 saturated carbocycles. The lowest BCUT2D eigenvalue weighted by Gasteiger charge is -2.52. The fraction of sp³-hybridized carbons (Fsp3) is 0.974. The lowest BCUT2D eigenvalue weighted by Crippen LogP contribution is -2.71. The molecule has 30 atom stereocenters. The van der Waals surface area contributed by atoms with E-state index in [-0.39, 0.29) is 0 Å². The predicted molar refractivity (Wildman–Crippen MR) is 208 cm³/mol. The summed E-state index contributed by atoms with van der Waals surface area (Å²) >= 11 is 0. The van der Waals surface area contributed by atoms with E-state index in [9.17, 15) is 91.6 Å². The molecule has 18 N–H and O–H groups in total. The van der Waals surface area contributed by atoms with Gasteiger partial charge in [-0.2, -0.15) is 0 Å². The number of nitrogens with one attached hydrogen (secondary N) is 1. The molecule has 30 nitrogen and oxygen atoms in total. The van der Waals surface area contributed by atoms with Gasteiger partial charge in [-0.15, -0.1) is 0 Å². The zero-order chi connectivity index (χ0) is 50.2. The summed E-state index contributed by atoms with van der Waals surface area (Å²) in [6.45, 7) is -0.357. The van der Waals surface area contributed by atoms with Crippen molar-refractivity contribution in [3.8, 4) is 0 Å². The van der Waals surface area contributed by atoms with E-state index in [0.29, 0.717) is 0 Å². The minimum absolute atomic E-state index is 0.894. The Morgan fingerprint density at radius 2 is 0.794 bits per heavy atom. The van der Waals surface area contributed by atoms with Crippen LogP contribution in [0.2, 0.25) is 0 Å². The van der Waals surface area contributed by atoms with Crippen molar-refractivity contribution in [2.45, 2.75) is 205 Å². The quantitative estimate of drug-likeness (QED) is 0.0724. The van der Waals surface area contributed by atoms with Crippen LogP contribution in [0.5, 0.6) is 0 Å². The summed E-state index contributed by atoms with van der Waals surface area (Å²) in [5, 5.41) is 184. The second kappa shape index (κ2) is 23.5. The van der Waals surface area contributed by atoms with Gasteiger partial charge in [0.15, 0.2) is 37.7 Å². The lowest BCUT2D eigenvalue weighted by molar-refractivity contribution is -0.400. The highest BCUT2D eigenvalue weighted by Crippen LogP contribution is 2.38. The van der Waals surface area contributed by atoms with E-state index in [0.717, 1.165) is 6.92 Å². The number of aliphatic hydroxyl groups excluding tert-OH is 17. The third-order valence-corrected chi connectivity index (χ3v) is 12.8. The van der Waals surface area contributed by atoms with Gasteiger partial charge < -0.3 is 144 Å². The third-order valence-electron chi connectivity index (χ3n) is 12.8. The molecule has 30 heteroatoms.